The first-order valence-electron chi connectivity index (χ1n) is 7.54. The second kappa shape index (κ2) is 7.43. The Bertz CT molecular complexity index is 454. The quantitative estimate of drug-likeness (QED) is 0.904. The van der Waals surface area contributed by atoms with E-state index in [1.54, 1.807) is 0 Å². The number of halogens is 1. The van der Waals surface area contributed by atoms with Crippen molar-refractivity contribution < 1.29 is 9.47 Å². The summed E-state index contributed by atoms with van der Waals surface area (Å²) >= 11 is 6.26. The lowest BCUT2D eigenvalue weighted by Crippen LogP contribution is -2.35. The predicted octanol–water partition coefficient (Wildman–Crippen LogP) is 3.43. The highest BCUT2D eigenvalue weighted by atomic mass is 35.5. The van der Waals surface area contributed by atoms with E-state index >= 15 is 0 Å². The van der Waals surface area contributed by atoms with Crippen LogP contribution in [0.15, 0.2) is 12.3 Å². The number of aromatic nitrogens is 1. The first-order chi connectivity index (χ1) is 9.94. The third kappa shape index (κ3) is 5.81. The molecule has 0 aliphatic carbocycles. The summed E-state index contributed by atoms with van der Waals surface area (Å²) in [4.78, 5) is 4.34. The molecule has 2 heterocycles. The predicted molar refractivity (Wildman–Crippen MR) is 84.9 cm³/mol. The van der Waals surface area contributed by atoms with Crippen LogP contribution in [0.1, 0.15) is 39.2 Å². The maximum atomic E-state index is 6.26. The minimum atomic E-state index is 0.0741. The summed E-state index contributed by atoms with van der Waals surface area (Å²) in [6.45, 7) is 9.46. The summed E-state index contributed by atoms with van der Waals surface area (Å²) in [5.41, 5.74) is 1.14. The largest absolute Gasteiger partial charge is 0.476 e. The van der Waals surface area contributed by atoms with Crippen LogP contribution in [-0.4, -0.2) is 30.3 Å². The molecule has 5 heteroatoms. The average molecular weight is 313 g/mol. The molecule has 0 bridgehead atoms. The molecular weight excluding hydrogens is 288 g/mol. The number of nitrogens with one attached hydrogen (secondary N) is 1. The monoisotopic (exact) mass is 312 g/mol. The molecule has 1 aliphatic rings. The van der Waals surface area contributed by atoms with Crippen molar-refractivity contribution >= 4 is 11.6 Å². The molecule has 1 aliphatic heterocycles. The first-order valence-corrected chi connectivity index (χ1v) is 7.92. The average Bonchev–Trinajstić information content (AvgIpc) is 2.44. The van der Waals surface area contributed by atoms with Crippen molar-refractivity contribution in [1.29, 1.82) is 0 Å². The molecule has 0 atom stereocenters. The molecule has 1 fully saturated rings. The zero-order chi connectivity index (χ0) is 15.3. The fourth-order valence-electron chi connectivity index (χ4n) is 2.14. The number of hydrogen-bond donors (Lipinski definition) is 1. The topological polar surface area (TPSA) is 43.4 Å². The van der Waals surface area contributed by atoms with E-state index in [9.17, 15) is 0 Å². The van der Waals surface area contributed by atoms with E-state index in [2.05, 4.69) is 31.1 Å². The van der Waals surface area contributed by atoms with Crippen molar-refractivity contribution in [2.24, 2.45) is 5.92 Å². The molecule has 0 saturated carbocycles. The molecule has 1 N–H and O–H groups in total. The lowest BCUT2D eigenvalue weighted by atomic mass is 10.0. The minimum absolute atomic E-state index is 0.0741. The molecule has 0 aromatic carbocycles. The Balaban J connectivity index is 1.86. The molecule has 2 rings (SSSR count). The van der Waals surface area contributed by atoms with Crippen molar-refractivity contribution in [1.82, 2.24) is 10.3 Å². The van der Waals surface area contributed by atoms with Crippen LogP contribution in [-0.2, 0) is 11.3 Å². The normalized spacial score (nSPS) is 17.0. The highest BCUT2D eigenvalue weighted by Gasteiger charge is 2.16. The van der Waals surface area contributed by atoms with Gasteiger partial charge in [-0.15, -0.1) is 0 Å². The molecule has 4 nitrogen and oxygen atoms in total. The van der Waals surface area contributed by atoms with Gasteiger partial charge in [0, 0.05) is 31.5 Å². The zero-order valence-corrected chi connectivity index (χ0v) is 13.9. The summed E-state index contributed by atoms with van der Waals surface area (Å²) in [5.74, 6) is 1.07. The van der Waals surface area contributed by atoms with Crippen molar-refractivity contribution in [3.05, 3.63) is 22.8 Å². The number of rotatable bonds is 5. The van der Waals surface area contributed by atoms with E-state index in [-0.39, 0.29) is 5.54 Å². The molecule has 0 spiro atoms. The van der Waals surface area contributed by atoms with E-state index in [0.29, 0.717) is 23.4 Å². The van der Waals surface area contributed by atoms with Crippen LogP contribution >= 0.6 is 11.6 Å². The Morgan fingerprint density at radius 1 is 1.38 bits per heavy atom. The highest BCUT2D eigenvalue weighted by Crippen LogP contribution is 2.24. The van der Waals surface area contributed by atoms with Gasteiger partial charge in [-0.25, -0.2) is 4.98 Å². The van der Waals surface area contributed by atoms with Gasteiger partial charge in [0.25, 0.3) is 0 Å². The maximum absolute atomic E-state index is 6.26. The minimum Gasteiger partial charge on any atom is -0.476 e. The summed E-state index contributed by atoms with van der Waals surface area (Å²) in [6, 6.07) is 1.92. The van der Waals surface area contributed by atoms with E-state index in [0.717, 1.165) is 38.2 Å². The number of pyridine rings is 1. The smallest absolute Gasteiger partial charge is 0.232 e. The molecule has 0 amide bonds. The van der Waals surface area contributed by atoms with Crippen LogP contribution in [0, 0.1) is 5.92 Å². The van der Waals surface area contributed by atoms with Crippen molar-refractivity contribution in [2.45, 2.75) is 45.7 Å². The van der Waals surface area contributed by atoms with Crippen LogP contribution < -0.4 is 10.1 Å². The molecular formula is C16H25ClN2O2. The molecule has 1 aromatic heterocycles. The third-order valence-electron chi connectivity index (χ3n) is 3.48. The lowest BCUT2D eigenvalue weighted by molar-refractivity contribution is 0.0490. The number of nitrogens with zero attached hydrogens (tertiary/aromatic N) is 1. The molecule has 1 saturated heterocycles. The summed E-state index contributed by atoms with van der Waals surface area (Å²) in [5, 5.41) is 3.99. The second-order valence-electron chi connectivity index (χ2n) is 6.60. The van der Waals surface area contributed by atoms with Crippen molar-refractivity contribution in [2.75, 3.05) is 19.8 Å². The van der Waals surface area contributed by atoms with E-state index in [4.69, 9.17) is 21.1 Å². The van der Waals surface area contributed by atoms with Gasteiger partial charge < -0.3 is 14.8 Å². The fourth-order valence-corrected chi connectivity index (χ4v) is 2.39. The molecule has 1 aromatic rings. The first kappa shape index (κ1) is 16.5. The van der Waals surface area contributed by atoms with Gasteiger partial charge in [0.05, 0.1) is 6.61 Å². The zero-order valence-electron chi connectivity index (χ0n) is 13.1. The van der Waals surface area contributed by atoms with Crippen molar-refractivity contribution in [3.8, 4) is 5.88 Å². The number of ether oxygens (including phenoxy) is 2. The Hall–Kier alpha value is -0.840. The maximum Gasteiger partial charge on any atom is 0.232 e. The van der Waals surface area contributed by atoms with Gasteiger partial charge >= 0.3 is 0 Å². The molecule has 0 radical (unpaired) electrons. The van der Waals surface area contributed by atoms with Crippen LogP contribution in [0.4, 0.5) is 0 Å². The van der Waals surface area contributed by atoms with E-state index in [1.165, 1.54) is 0 Å². The van der Waals surface area contributed by atoms with Gasteiger partial charge in [-0.1, -0.05) is 11.6 Å². The Kier molecular flexibility index (Phi) is 5.85. The summed E-state index contributed by atoms with van der Waals surface area (Å²) in [7, 11) is 0. The Morgan fingerprint density at radius 2 is 2.10 bits per heavy atom. The van der Waals surface area contributed by atoms with Gasteiger partial charge in [0.1, 0.15) is 5.02 Å². The lowest BCUT2D eigenvalue weighted by Gasteiger charge is -2.22. The van der Waals surface area contributed by atoms with E-state index < -0.39 is 0 Å². The second-order valence-corrected chi connectivity index (χ2v) is 7.01. The Labute approximate surface area is 132 Å². The highest BCUT2D eigenvalue weighted by molar-refractivity contribution is 6.31. The van der Waals surface area contributed by atoms with Crippen LogP contribution in [0.3, 0.4) is 0 Å². The standard InChI is InChI=1S/C16H25ClN2O2/c1-16(2,3)19-10-13-8-14(17)15(18-9-13)21-11-12-4-6-20-7-5-12/h8-9,12,19H,4-7,10-11H2,1-3H3. The van der Waals surface area contributed by atoms with Crippen molar-refractivity contribution in [3.63, 3.8) is 0 Å². The number of hydrogen-bond acceptors (Lipinski definition) is 4. The van der Waals surface area contributed by atoms with Gasteiger partial charge in [0.2, 0.25) is 5.88 Å². The fraction of sp³-hybridized carbons (Fsp3) is 0.688. The van der Waals surface area contributed by atoms with Gasteiger partial charge in [-0.3, -0.25) is 0 Å². The van der Waals surface area contributed by atoms with Crippen LogP contribution in [0.25, 0.3) is 0 Å². The molecule has 0 unspecified atom stereocenters. The van der Waals surface area contributed by atoms with Gasteiger partial charge in [0.15, 0.2) is 0 Å². The summed E-state index contributed by atoms with van der Waals surface area (Å²) in [6.07, 6.45) is 3.92. The van der Waals surface area contributed by atoms with Gasteiger partial charge in [-0.05, 0) is 51.2 Å². The molecule has 21 heavy (non-hydrogen) atoms. The van der Waals surface area contributed by atoms with E-state index in [1.807, 2.05) is 12.3 Å². The Morgan fingerprint density at radius 3 is 2.71 bits per heavy atom. The third-order valence-corrected chi connectivity index (χ3v) is 3.75. The van der Waals surface area contributed by atoms with Crippen LogP contribution in [0.2, 0.25) is 5.02 Å². The van der Waals surface area contributed by atoms with Crippen LogP contribution in [0.5, 0.6) is 5.88 Å². The summed E-state index contributed by atoms with van der Waals surface area (Å²) < 4.78 is 11.1. The van der Waals surface area contributed by atoms with Gasteiger partial charge in [-0.2, -0.15) is 0 Å². The SMILES string of the molecule is CC(C)(C)NCc1cnc(OCC2CCOCC2)c(Cl)c1. The molecule has 118 valence electrons.